The number of hydrogen-bond donors (Lipinski definition) is 2. The number of nitrogens with one attached hydrogen (secondary N) is 1. The highest BCUT2D eigenvalue weighted by molar-refractivity contribution is 9.10. The van der Waals surface area contributed by atoms with Crippen LogP contribution in [0.1, 0.15) is 40.3 Å². The molecule has 0 unspecified atom stereocenters. The fourth-order valence-electron chi connectivity index (χ4n) is 5.37. The van der Waals surface area contributed by atoms with Crippen LogP contribution in [-0.4, -0.2) is 42.2 Å². The molecule has 11 heteroatoms. The molecule has 0 saturated heterocycles. The minimum absolute atomic E-state index is 0.0383. The Labute approximate surface area is 274 Å². The van der Waals surface area contributed by atoms with E-state index in [1.54, 1.807) is 30.3 Å². The third kappa shape index (κ3) is 7.74. The number of azide groups is 1. The summed E-state index contributed by atoms with van der Waals surface area (Å²) in [7, 11) is 0. The van der Waals surface area contributed by atoms with Gasteiger partial charge in [0.05, 0.1) is 13.2 Å². The maximum absolute atomic E-state index is 14.5. The molecule has 5 rings (SSSR count). The fraction of sp³-hybridized carbons (Fsp3) is 0.257. The van der Waals surface area contributed by atoms with Crippen LogP contribution < -0.4 is 10.1 Å². The van der Waals surface area contributed by atoms with Gasteiger partial charge in [0.1, 0.15) is 11.6 Å². The number of ether oxygens (including phenoxy) is 2. The molecule has 0 radical (unpaired) electrons. The summed E-state index contributed by atoms with van der Waals surface area (Å²) >= 11 is 3.49. The maximum atomic E-state index is 14.5. The third-order valence-electron chi connectivity index (χ3n) is 7.72. The van der Waals surface area contributed by atoms with Crippen molar-refractivity contribution < 1.29 is 23.8 Å². The van der Waals surface area contributed by atoms with E-state index in [-0.39, 0.29) is 43.7 Å². The molecule has 0 bridgehead atoms. The minimum atomic E-state index is -1.47. The summed E-state index contributed by atoms with van der Waals surface area (Å²) in [6.07, 6.45) is 0.127. The van der Waals surface area contributed by atoms with Crippen LogP contribution in [0.25, 0.3) is 10.4 Å². The first-order valence-corrected chi connectivity index (χ1v) is 15.7. The summed E-state index contributed by atoms with van der Waals surface area (Å²) in [5, 5.41) is 15.9. The quantitative estimate of drug-likeness (QED) is 0.0640. The summed E-state index contributed by atoms with van der Waals surface area (Å²) < 4.78 is 27.5. The lowest BCUT2D eigenvalue weighted by Gasteiger charge is -2.31. The van der Waals surface area contributed by atoms with E-state index in [4.69, 9.17) is 25.1 Å². The largest absolute Gasteiger partial charge is 0.494 e. The molecule has 46 heavy (non-hydrogen) atoms. The Kier molecular flexibility index (Phi) is 11.0. The molecule has 1 aliphatic rings. The van der Waals surface area contributed by atoms with Gasteiger partial charge in [0.2, 0.25) is 5.90 Å². The van der Waals surface area contributed by atoms with Crippen molar-refractivity contribution in [1.29, 1.82) is 0 Å². The van der Waals surface area contributed by atoms with Gasteiger partial charge in [-0.15, -0.1) is 0 Å². The summed E-state index contributed by atoms with van der Waals surface area (Å²) in [5.41, 5.74) is 11.0. The van der Waals surface area contributed by atoms with Crippen LogP contribution in [0.3, 0.4) is 0 Å². The number of halogens is 2. The van der Waals surface area contributed by atoms with E-state index in [0.717, 1.165) is 21.2 Å². The van der Waals surface area contributed by atoms with Gasteiger partial charge in [0.25, 0.3) is 5.91 Å². The molecule has 0 fully saturated rings. The van der Waals surface area contributed by atoms with Crippen molar-refractivity contribution in [1.82, 2.24) is 5.32 Å². The van der Waals surface area contributed by atoms with Crippen molar-refractivity contribution in [2.24, 2.45) is 10.1 Å². The Hall–Kier alpha value is -4.70. The van der Waals surface area contributed by atoms with Crippen molar-refractivity contribution in [2.45, 2.75) is 37.5 Å². The number of carbonyl (C=O) groups is 1. The van der Waals surface area contributed by atoms with Crippen molar-refractivity contribution in [2.75, 3.05) is 19.8 Å². The Morgan fingerprint density at radius 1 is 1.02 bits per heavy atom. The highest BCUT2D eigenvalue weighted by Gasteiger charge is 2.53. The van der Waals surface area contributed by atoms with Crippen LogP contribution in [-0.2, 0) is 28.9 Å². The van der Waals surface area contributed by atoms with Crippen LogP contribution in [0, 0.1) is 5.82 Å². The molecule has 1 amide bonds. The lowest BCUT2D eigenvalue weighted by molar-refractivity contribution is -0.128. The summed E-state index contributed by atoms with van der Waals surface area (Å²) in [4.78, 5) is 22.5. The van der Waals surface area contributed by atoms with Gasteiger partial charge in [-0.05, 0) is 76.7 Å². The molecule has 4 aromatic carbocycles. The Balaban J connectivity index is 1.56. The second-order valence-corrected chi connectivity index (χ2v) is 11.7. The highest BCUT2D eigenvalue weighted by atomic mass is 79.9. The lowest BCUT2D eigenvalue weighted by atomic mass is 9.81. The smallest absolute Gasteiger partial charge is 0.252 e. The molecule has 9 nitrogen and oxygen atoms in total. The van der Waals surface area contributed by atoms with Crippen molar-refractivity contribution >= 4 is 27.7 Å². The molecule has 2 N–H and O–H groups in total. The van der Waals surface area contributed by atoms with Gasteiger partial charge in [-0.1, -0.05) is 75.6 Å². The molecule has 2 atom stereocenters. The molecule has 236 valence electrons. The number of amides is 1. The SMILES string of the molecule is [N-]=[N+]=NCc1ccccc1C[C@@]1(C(=O)NCCc2ccccc2F)N=C(c2ccc(OCCCO)cc2)O[C@@H]1c1ccc(Br)cc1. The Morgan fingerprint density at radius 2 is 1.72 bits per heavy atom. The molecule has 0 spiro atoms. The number of carbonyl (C=O) groups excluding carboxylic acids is 1. The van der Waals surface area contributed by atoms with E-state index >= 15 is 0 Å². The predicted molar refractivity (Wildman–Crippen MR) is 177 cm³/mol. The number of rotatable bonds is 14. The number of aliphatic hydroxyl groups is 1. The molecule has 0 aliphatic carbocycles. The van der Waals surface area contributed by atoms with Gasteiger partial charge >= 0.3 is 0 Å². The first-order chi connectivity index (χ1) is 22.4. The zero-order chi connectivity index (χ0) is 32.4. The molecule has 0 aromatic heterocycles. The van der Waals surface area contributed by atoms with Gasteiger partial charge in [0, 0.05) is 40.9 Å². The average molecular weight is 687 g/mol. The first kappa shape index (κ1) is 32.7. The van der Waals surface area contributed by atoms with Crippen LogP contribution in [0.2, 0.25) is 0 Å². The van der Waals surface area contributed by atoms with E-state index < -0.39 is 11.6 Å². The van der Waals surface area contributed by atoms with E-state index in [2.05, 4.69) is 31.3 Å². The molecular formula is C35H33BrFN5O4. The molecule has 0 saturated carbocycles. The number of aliphatic imine (C=N–C) groups is 1. The first-order valence-electron chi connectivity index (χ1n) is 14.9. The lowest BCUT2D eigenvalue weighted by Crippen LogP contribution is -2.50. The Morgan fingerprint density at radius 3 is 2.41 bits per heavy atom. The summed E-state index contributed by atoms with van der Waals surface area (Å²) in [6.45, 7) is 0.705. The van der Waals surface area contributed by atoms with Crippen molar-refractivity contribution in [3.63, 3.8) is 0 Å². The Bertz CT molecular complexity index is 1730. The van der Waals surface area contributed by atoms with Crippen LogP contribution >= 0.6 is 15.9 Å². The zero-order valence-corrected chi connectivity index (χ0v) is 26.6. The van der Waals surface area contributed by atoms with Gasteiger partial charge < -0.3 is 19.9 Å². The zero-order valence-electron chi connectivity index (χ0n) is 25.0. The number of aliphatic hydroxyl groups excluding tert-OH is 1. The van der Waals surface area contributed by atoms with E-state index in [1.165, 1.54) is 6.07 Å². The normalized spacial score (nSPS) is 17.0. The van der Waals surface area contributed by atoms with Crippen LogP contribution in [0.15, 0.2) is 112 Å². The van der Waals surface area contributed by atoms with Crippen molar-refractivity contribution in [3.05, 3.63) is 146 Å². The van der Waals surface area contributed by atoms with E-state index in [9.17, 15) is 9.18 Å². The van der Waals surface area contributed by atoms with Crippen molar-refractivity contribution in [3.8, 4) is 5.75 Å². The number of nitrogens with zero attached hydrogens (tertiary/aromatic N) is 4. The number of hydrogen-bond acceptors (Lipinski definition) is 6. The fourth-order valence-corrected chi connectivity index (χ4v) is 5.63. The van der Waals surface area contributed by atoms with E-state index in [1.807, 2.05) is 60.7 Å². The van der Waals surface area contributed by atoms with Gasteiger partial charge in [-0.25, -0.2) is 9.38 Å². The second kappa shape index (κ2) is 15.5. The standard InChI is InChI=1S/C35H33BrFN5O4/c36-29-14-10-25(11-15-29)32-35(22-27-7-1-2-8-28(27)23-40-42-38,34(44)39-19-18-24-6-3-4-9-31(24)37)41-33(46-32)26-12-16-30(17-13-26)45-21-5-20-43/h1-4,6-17,32,43H,5,18-23H2,(H,39,44)/t32-,35-/m1/s1. The summed E-state index contributed by atoms with van der Waals surface area (Å²) in [5.74, 6) is 0.199. The molecule has 1 aliphatic heterocycles. The minimum Gasteiger partial charge on any atom is -0.494 e. The monoisotopic (exact) mass is 685 g/mol. The van der Waals surface area contributed by atoms with Gasteiger partial charge in [-0.2, -0.15) is 0 Å². The van der Waals surface area contributed by atoms with E-state index in [0.29, 0.717) is 36.3 Å². The molecular weight excluding hydrogens is 653 g/mol. The predicted octanol–water partition coefficient (Wildman–Crippen LogP) is 7.02. The van der Waals surface area contributed by atoms with Crippen LogP contribution in [0.4, 0.5) is 4.39 Å². The summed E-state index contributed by atoms with van der Waals surface area (Å²) in [6, 6.07) is 28.7. The van der Waals surface area contributed by atoms with Gasteiger partial charge in [0.15, 0.2) is 11.6 Å². The highest BCUT2D eigenvalue weighted by Crippen LogP contribution is 2.43. The third-order valence-corrected chi connectivity index (χ3v) is 8.25. The maximum Gasteiger partial charge on any atom is 0.252 e. The number of benzene rings is 4. The average Bonchev–Trinajstić information content (AvgIpc) is 3.46. The second-order valence-electron chi connectivity index (χ2n) is 10.8. The topological polar surface area (TPSA) is 129 Å². The molecule has 1 heterocycles. The van der Waals surface area contributed by atoms with Gasteiger partial charge in [-0.3, -0.25) is 4.79 Å². The molecule has 4 aromatic rings. The van der Waals surface area contributed by atoms with Crippen LogP contribution in [0.5, 0.6) is 5.75 Å².